The van der Waals surface area contributed by atoms with E-state index in [2.05, 4.69) is 21.0 Å². The van der Waals surface area contributed by atoms with Crippen LogP contribution in [0, 0.1) is 11.3 Å². The van der Waals surface area contributed by atoms with E-state index in [1.54, 1.807) is 30.3 Å². The second kappa shape index (κ2) is 5.50. The van der Waals surface area contributed by atoms with E-state index in [4.69, 9.17) is 5.26 Å². The summed E-state index contributed by atoms with van der Waals surface area (Å²) in [5.74, 6) is 0. The van der Waals surface area contributed by atoms with Crippen LogP contribution in [0.3, 0.4) is 0 Å². The van der Waals surface area contributed by atoms with Crippen LogP contribution in [0.1, 0.15) is 16.8 Å². The predicted molar refractivity (Wildman–Crippen MR) is 83.1 cm³/mol. The first-order valence-corrected chi connectivity index (χ1v) is 6.47. The molecule has 106 valence electrons. The minimum Gasteiger partial charge on any atom is -0.305 e. The summed E-state index contributed by atoms with van der Waals surface area (Å²) in [6.07, 6.45) is 3.58. The van der Waals surface area contributed by atoms with Gasteiger partial charge in [0.1, 0.15) is 0 Å². The van der Waals surface area contributed by atoms with E-state index in [1.807, 2.05) is 18.2 Å². The van der Waals surface area contributed by atoms with E-state index in [9.17, 15) is 9.59 Å². The predicted octanol–water partition coefficient (Wildman–Crippen LogP) is 1.65. The number of nitrogens with zero attached hydrogens (tertiary/aromatic N) is 2. The highest BCUT2D eigenvalue weighted by atomic mass is 16.2. The van der Waals surface area contributed by atoms with E-state index >= 15 is 0 Å². The molecule has 2 heterocycles. The Labute approximate surface area is 124 Å². The van der Waals surface area contributed by atoms with E-state index in [0.717, 1.165) is 5.56 Å². The molecule has 1 aromatic carbocycles. The normalized spacial score (nSPS) is 10.9. The zero-order chi connectivity index (χ0) is 15.5. The number of hydrogen-bond donors (Lipinski definition) is 2. The molecular weight excluding hydrogens is 280 g/mol. The van der Waals surface area contributed by atoms with Crippen molar-refractivity contribution < 1.29 is 0 Å². The first kappa shape index (κ1) is 13.5. The van der Waals surface area contributed by atoms with Gasteiger partial charge < -0.3 is 4.98 Å². The third-order valence-corrected chi connectivity index (χ3v) is 3.09. The number of hydrogen-bond acceptors (Lipinski definition) is 4. The Morgan fingerprint density at radius 3 is 2.50 bits per heavy atom. The SMILES string of the molecule is N#Cc1ccc(/C=C/c2ccc3[nH]c(=O)[nH]c(=O)c3n2)cc1. The molecule has 0 aliphatic carbocycles. The van der Waals surface area contributed by atoms with Crippen LogP contribution in [0.15, 0.2) is 46.0 Å². The summed E-state index contributed by atoms with van der Waals surface area (Å²) in [6, 6.07) is 12.5. The lowest BCUT2D eigenvalue weighted by Gasteiger charge is -1.98. The van der Waals surface area contributed by atoms with Crippen molar-refractivity contribution >= 4 is 23.2 Å². The second-order valence-electron chi connectivity index (χ2n) is 4.61. The monoisotopic (exact) mass is 290 g/mol. The maximum Gasteiger partial charge on any atom is 0.326 e. The molecule has 0 saturated carbocycles. The minimum absolute atomic E-state index is 0.182. The summed E-state index contributed by atoms with van der Waals surface area (Å²) in [7, 11) is 0. The number of pyridine rings is 1. The Bertz CT molecular complexity index is 1020. The lowest BCUT2D eigenvalue weighted by Crippen LogP contribution is -2.22. The van der Waals surface area contributed by atoms with Crippen LogP contribution < -0.4 is 11.2 Å². The van der Waals surface area contributed by atoms with Gasteiger partial charge in [-0.25, -0.2) is 9.78 Å². The highest BCUT2D eigenvalue weighted by molar-refractivity contribution is 5.76. The molecule has 0 amide bonds. The first-order valence-electron chi connectivity index (χ1n) is 6.47. The minimum atomic E-state index is -0.555. The summed E-state index contributed by atoms with van der Waals surface area (Å²) in [6.45, 7) is 0. The van der Waals surface area contributed by atoms with Crippen molar-refractivity contribution in [3.63, 3.8) is 0 Å². The molecule has 0 bridgehead atoms. The number of H-pyrrole nitrogens is 2. The molecule has 0 aliphatic heterocycles. The molecule has 3 aromatic rings. The Morgan fingerprint density at radius 1 is 1.00 bits per heavy atom. The third-order valence-electron chi connectivity index (χ3n) is 3.09. The molecule has 0 unspecified atom stereocenters. The average Bonchev–Trinajstić information content (AvgIpc) is 2.53. The largest absolute Gasteiger partial charge is 0.326 e. The number of aromatic nitrogens is 3. The van der Waals surface area contributed by atoms with Crippen molar-refractivity contribution in [2.45, 2.75) is 0 Å². The highest BCUT2D eigenvalue weighted by Crippen LogP contribution is 2.10. The van der Waals surface area contributed by atoms with Crippen molar-refractivity contribution in [2.24, 2.45) is 0 Å². The van der Waals surface area contributed by atoms with E-state index in [1.165, 1.54) is 0 Å². The average molecular weight is 290 g/mol. The van der Waals surface area contributed by atoms with Crippen molar-refractivity contribution in [3.05, 3.63) is 74.1 Å². The van der Waals surface area contributed by atoms with Gasteiger partial charge in [0.2, 0.25) is 0 Å². The van der Waals surface area contributed by atoms with E-state index in [-0.39, 0.29) is 5.52 Å². The topological polar surface area (TPSA) is 102 Å². The number of fused-ring (bicyclic) bond motifs is 1. The van der Waals surface area contributed by atoms with Crippen LogP contribution in [0.4, 0.5) is 0 Å². The molecule has 22 heavy (non-hydrogen) atoms. The lowest BCUT2D eigenvalue weighted by atomic mass is 10.1. The van der Waals surface area contributed by atoms with Crippen LogP contribution in [0.25, 0.3) is 23.2 Å². The third kappa shape index (κ3) is 2.69. The fourth-order valence-corrected chi connectivity index (χ4v) is 2.01. The van der Waals surface area contributed by atoms with Gasteiger partial charge >= 0.3 is 5.69 Å². The van der Waals surface area contributed by atoms with Gasteiger partial charge in [-0.1, -0.05) is 18.2 Å². The molecule has 0 spiro atoms. The Kier molecular flexibility index (Phi) is 3.38. The van der Waals surface area contributed by atoms with Gasteiger partial charge in [-0.05, 0) is 35.9 Å². The summed E-state index contributed by atoms with van der Waals surface area (Å²) in [5, 5.41) is 8.75. The van der Waals surface area contributed by atoms with Gasteiger partial charge in [0.15, 0.2) is 5.52 Å². The molecular formula is C16H10N4O2. The summed E-state index contributed by atoms with van der Waals surface area (Å²) < 4.78 is 0. The number of nitrogens with one attached hydrogen (secondary N) is 2. The first-order chi connectivity index (χ1) is 10.7. The summed E-state index contributed by atoms with van der Waals surface area (Å²) >= 11 is 0. The van der Waals surface area contributed by atoms with Crippen molar-refractivity contribution in [1.82, 2.24) is 15.0 Å². The lowest BCUT2D eigenvalue weighted by molar-refractivity contribution is 1.07. The molecule has 0 saturated heterocycles. The molecule has 3 rings (SSSR count). The Morgan fingerprint density at radius 2 is 1.77 bits per heavy atom. The number of aromatic amines is 2. The van der Waals surface area contributed by atoms with Crippen LogP contribution in [-0.4, -0.2) is 15.0 Å². The van der Waals surface area contributed by atoms with Crippen LogP contribution >= 0.6 is 0 Å². The number of rotatable bonds is 2. The van der Waals surface area contributed by atoms with Gasteiger partial charge in [0.25, 0.3) is 5.56 Å². The van der Waals surface area contributed by atoms with Gasteiger partial charge in [0.05, 0.1) is 22.8 Å². The molecule has 0 atom stereocenters. The Balaban J connectivity index is 1.96. The highest BCUT2D eigenvalue weighted by Gasteiger charge is 2.02. The van der Waals surface area contributed by atoms with Crippen molar-refractivity contribution in [3.8, 4) is 6.07 Å². The zero-order valence-corrected chi connectivity index (χ0v) is 11.3. The number of nitriles is 1. The molecule has 6 heteroatoms. The molecule has 2 N–H and O–H groups in total. The van der Waals surface area contributed by atoms with E-state index in [0.29, 0.717) is 16.8 Å². The second-order valence-corrected chi connectivity index (χ2v) is 4.61. The van der Waals surface area contributed by atoms with Gasteiger partial charge in [-0.15, -0.1) is 0 Å². The van der Waals surface area contributed by atoms with Crippen molar-refractivity contribution in [2.75, 3.05) is 0 Å². The standard InChI is InChI=1S/C16H10N4O2/c17-9-11-3-1-10(2-4-11)5-6-12-7-8-13-14(18-12)15(21)20-16(22)19-13/h1-8H,(H2,19,20,21,22)/b6-5+. The van der Waals surface area contributed by atoms with Crippen LogP contribution in [-0.2, 0) is 0 Å². The fourth-order valence-electron chi connectivity index (χ4n) is 2.01. The fraction of sp³-hybridized carbons (Fsp3) is 0. The smallest absolute Gasteiger partial charge is 0.305 e. The van der Waals surface area contributed by atoms with Gasteiger partial charge in [-0.3, -0.25) is 9.78 Å². The maximum absolute atomic E-state index is 11.7. The van der Waals surface area contributed by atoms with Gasteiger partial charge in [-0.2, -0.15) is 5.26 Å². The van der Waals surface area contributed by atoms with Crippen LogP contribution in [0.2, 0.25) is 0 Å². The number of benzene rings is 1. The molecule has 0 aliphatic rings. The summed E-state index contributed by atoms with van der Waals surface area (Å²) in [5.41, 5.74) is 1.60. The van der Waals surface area contributed by atoms with Gasteiger partial charge in [0, 0.05) is 0 Å². The van der Waals surface area contributed by atoms with E-state index < -0.39 is 11.2 Å². The molecule has 0 fully saturated rings. The molecule has 0 radical (unpaired) electrons. The van der Waals surface area contributed by atoms with Crippen LogP contribution in [0.5, 0.6) is 0 Å². The molecule has 6 nitrogen and oxygen atoms in total. The quantitative estimate of drug-likeness (QED) is 0.749. The molecule has 2 aromatic heterocycles. The Hall–Kier alpha value is -3.46. The maximum atomic E-state index is 11.7. The van der Waals surface area contributed by atoms with Crippen molar-refractivity contribution in [1.29, 1.82) is 5.26 Å². The zero-order valence-electron chi connectivity index (χ0n) is 11.3. The summed E-state index contributed by atoms with van der Waals surface area (Å²) in [4.78, 5) is 31.8.